The first-order chi connectivity index (χ1) is 12.7. The fourth-order valence-electron chi connectivity index (χ4n) is 2.51. The Morgan fingerprint density at radius 3 is 2.15 bits per heavy atom. The number of aromatic nitrogens is 3. The van der Waals surface area contributed by atoms with Crippen LogP contribution >= 0.6 is 11.8 Å². The van der Waals surface area contributed by atoms with Crippen LogP contribution in [0.1, 0.15) is 5.56 Å². The van der Waals surface area contributed by atoms with E-state index in [1.807, 2.05) is 42.5 Å². The van der Waals surface area contributed by atoms with Gasteiger partial charge in [0.25, 0.3) is 0 Å². The van der Waals surface area contributed by atoms with Gasteiger partial charge in [0.1, 0.15) is 11.5 Å². The molecule has 0 spiro atoms. The Labute approximate surface area is 157 Å². The third-order valence-corrected chi connectivity index (χ3v) is 4.94. The van der Waals surface area contributed by atoms with Gasteiger partial charge < -0.3 is 9.47 Å². The van der Waals surface area contributed by atoms with Crippen LogP contribution < -0.4 is 9.47 Å². The van der Waals surface area contributed by atoms with Crippen LogP contribution in [0.2, 0.25) is 0 Å². The van der Waals surface area contributed by atoms with E-state index in [-0.39, 0.29) is 0 Å². The number of ether oxygens (including phenoxy) is 2. The molecule has 0 aliphatic carbocycles. The fraction of sp³-hybridized carbons (Fsp3) is 0.200. The Kier molecular flexibility index (Phi) is 5.96. The minimum Gasteiger partial charge on any atom is -0.497 e. The second-order valence-corrected chi connectivity index (χ2v) is 6.51. The number of benzene rings is 2. The quantitative estimate of drug-likeness (QED) is 0.435. The van der Waals surface area contributed by atoms with Gasteiger partial charge in [-0.15, -0.1) is 16.8 Å². The molecule has 3 rings (SSSR count). The van der Waals surface area contributed by atoms with Crippen molar-refractivity contribution in [2.45, 2.75) is 17.5 Å². The molecule has 0 aliphatic rings. The van der Waals surface area contributed by atoms with Gasteiger partial charge in [0, 0.05) is 17.9 Å². The third-order valence-electron chi connectivity index (χ3n) is 3.90. The molecule has 0 saturated heterocycles. The van der Waals surface area contributed by atoms with Crippen LogP contribution in [-0.4, -0.2) is 29.0 Å². The average molecular weight is 367 g/mol. The molecule has 26 heavy (non-hydrogen) atoms. The molecule has 1 aromatic heterocycles. The summed E-state index contributed by atoms with van der Waals surface area (Å²) in [6.07, 6.45) is 1.85. The number of hydrogen-bond acceptors (Lipinski definition) is 5. The minimum atomic E-state index is 0.652. The molecule has 5 nitrogen and oxygen atoms in total. The number of allylic oxidation sites excluding steroid dienone is 1. The summed E-state index contributed by atoms with van der Waals surface area (Å²) in [5.41, 5.74) is 2.20. The maximum Gasteiger partial charge on any atom is 0.192 e. The molecule has 2 aromatic carbocycles. The number of nitrogens with zero attached hydrogens (tertiary/aromatic N) is 3. The Balaban J connectivity index is 1.80. The maximum absolute atomic E-state index is 5.22. The minimum absolute atomic E-state index is 0.652. The molecule has 6 heteroatoms. The van der Waals surface area contributed by atoms with E-state index in [4.69, 9.17) is 9.47 Å². The van der Waals surface area contributed by atoms with Crippen LogP contribution in [0.15, 0.2) is 66.3 Å². The lowest BCUT2D eigenvalue weighted by Gasteiger charge is -2.08. The Morgan fingerprint density at radius 2 is 1.58 bits per heavy atom. The zero-order valence-corrected chi connectivity index (χ0v) is 15.7. The first kappa shape index (κ1) is 18.1. The summed E-state index contributed by atoms with van der Waals surface area (Å²) >= 11 is 1.65. The molecule has 0 saturated carbocycles. The van der Waals surface area contributed by atoms with Crippen molar-refractivity contribution in [3.8, 4) is 22.9 Å². The Morgan fingerprint density at radius 1 is 0.962 bits per heavy atom. The van der Waals surface area contributed by atoms with E-state index in [0.717, 1.165) is 33.8 Å². The van der Waals surface area contributed by atoms with Gasteiger partial charge in [-0.2, -0.15) is 0 Å². The predicted molar refractivity (Wildman–Crippen MR) is 105 cm³/mol. The SMILES string of the molecule is C=CCn1c(SCc2ccc(OC)cc2)nnc1-c1ccc(OC)cc1. The van der Waals surface area contributed by atoms with E-state index in [2.05, 4.69) is 33.5 Å². The Bertz CT molecular complexity index is 858. The van der Waals surface area contributed by atoms with Crippen LogP contribution in [0.4, 0.5) is 0 Å². The highest BCUT2D eigenvalue weighted by atomic mass is 32.2. The van der Waals surface area contributed by atoms with Crippen LogP contribution in [0.25, 0.3) is 11.4 Å². The monoisotopic (exact) mass is 367 g/mol. The molecular weight excluding hydrogens is 346 g/mol. The molecular formula is C20H21N3O2S. The number of hydrogen-bond donors (Lipinski definition) is 0. The summed E-state index contributed by atoms with van der Waals surface area (Å²) in [5.74, 6) is 3.31. The molecule has 1 heterocycles. The van der Waals surface area contributed by atoms with Crippen molar-refractivity contribution in [2.24, 2.45) is 0 Å². The zero-order valence-electron chi connectivity index (χ0n) is 14.9. The van der Waals surface area contributed by atoms with Crippen molar-refractivity contribution >= 4 is 11.8 Å². The molecule has 0 amide bonds. The first-order valence-corrected chi connectivity index (χ1v) is 9.18. The van der Waals surface area contributed by atoms with E-state index in [1.54, 1.807) is 26.0 Å². The smallest absolute Gasteiger partial charge is 0.192 e. The lowest BCUT2D eigenvalue weighted by molar-refractivity contribution is 0.414. The summed E-state index contributed by atoms with van der Waals surface area (Å²) < 4.78 is 12.5. The molecule has 0 fully saturated rings. The number of methoxy groups -OCH3 is 2. The predicted octanol–water partition coefficient (Wildman–Crippen LogP) is 4.44. The first-order valence-electron chi connectivity index (χ1n) is 8.19. The standard InChI is InChI=1S/C20H21N3O2S/c1-4-13-23-19(16-7-11-18(25-3)12-8-16)21-22-20(23)26-14-15-5-9-17(24-2)10-6-15/h4-12H,1,13-14H2,2-3H3. The summed E-state index contributed by atoms with van der Waals surface area (Å²) in [6, 6.07) is 15.9. The van der Waals surface area contributed by atoms with Gasteiger partial charge in [-0.25, -0.2) is 0 Å². The summed E-state index contributed by atoms with van der Waals surface area (Å²) in [6.45, 7) is 4.51. The van der Waals surface area contributed by atoms with E-state index >= 15 is 0 Å². The van der Waals surface area contributed by atoms with Gasteiger partial charge in [-0.3, -0.25) is 4.57 Å². The molecule has 0 N–H and O–H groups in total. The van der Waals surface area contributed by atoms with Crippen LogP contribution in [0.5, 0.6) is 11.5 Å². The van der Waals surface area contributed by atoms with Crippen molar-refractivity contribution in [1.29, 1.82) is 0 Å². The van der Waals surface area contributed by atoms with Gasteiger partial charge in [0.2, 0.25) is 0 Å². The lowest BCUT2D eigenvalue weighted by Crippen LogP contribution is -2.00. The summed E-state index contributed by atoms with van der Waals surface area (Å²) in [4.78, 5) is 0. The van der Waals surface area contributed by atoms with Crippen molar-refractivity contribution < 1.29 is 9.47 Å². The largest absolute Gasteiger partial charge is 0.497 e. The number of thioether (sulfide) groups is 1. The molecule has 134 valence electrons. The fourth-order valence-corrected chi connectivity index (χ4v) is 3.42. The van der Waals surface area contributed by atoms with E-state index in [0.29, 0.717) is 6.54 Å². The van der Waals surface area contributed by atoms with E-state index in [9.17, 15) is 0 Å². The van der Waals surface area contributed by atoms with Crippen LogP contribution in [0, 0.1) is 0 Å². The normalized spacial score (nSPS) is 10.5. The summed E-state index contributed by atoms with van der Waals surface area (Å²) in [5, 5.41) is 9.63. The number of rotatable bonds is 8. The van der Waals surface area contributed by atoms with Gasteiger partial charge in [-0.05, 0) is 42.0 Å². The van der Waals surface area contributed by atoms with Gasteiger partial charge >= 0.3 is 0 Å². The van der Waals surface area contributed by atoms with Gasteiger partial charge in [0.15, 0.2) is 11.0 Å². The average Bonchev–Trinajstić information content (AvgIpc) is 3.10. The third kappa shape index (κ3) is 4.08. The Hall–Kier alpha value is -2.73. The van der Waals surface area contributed by atoms with Crippen LogP contribution in [0.3, 0.4) is 0 Å². The molecule has 0 aliphatic heterocycles. The second-order valence-electron chi connectivity index (χ2n) is 5.57. The highest BCUT2D eigenvalue weighted by molar-refractivity contribution is 7.98. The topological polar surface area (TPSA) is 49.2 Å². The molecule has 3 aromatic rings. The van der Waals surface area contributed by atoms with Crippen molar-refractivity contribution in [1.82, 2.24) is 14.8 Å². The van der Waals surface area contributed by atoms with Crippen molar-refractivity contribution in [2.75, 3.05) is 14.2 Å². The second kappa shape index (κ2) is 8.58. The zero-order chi connectivity index (χ0) is 18.4. The molecule has 0 atom stereocenters. The van der Waals surface area contributed by atoms with Crippen molar-refractivity contribution in [3.05, 3.63) is 66.7 Å². The van der Waals surface area contributed by atoms with E-state index < -0.39 is 0 Å². The van der Waals surface area contributed by atoms with Gasteiger partial charge in [0.05, 0.1) is 14.2 Å². The molecule has 0 radical (unpaired) electrons. The summed E-state index contributed by atoms with van der Waals surface area (Å²) in [7, 11) is 3.32. The maximum atomic E-state index is 5.22. The molecule has 0 unspecified atom stereocenters. The van der Waals surface area contributed by atoms with Crippen LogP contribution in [-0.2, 0) is 12.3 Å². The lowest BCUT2D eigenvalue weighted by atomic mass is 10.2. The van der Waals surface area contributed by atoms with E-state index in [1.165, 1.54) is 5.56 Å². The molecule has 0 bridgehead atoms. The highest BCUT2D eigenvalue weighted by Gasteiger charge is 2.13. The highest BCUT2D eigenvalue weighted by Crippen LogP contribution is 2.28. The van der Waals surface area contributed by atoms with Gasteiger partial charge in [-0.1, -0.05) is 30.0 Å². The van der Waals surface area contributed by atoms with Crippen molar-refractivity contribution in [3.63, 3.8) is 0 Å².